The number of carbonyl (C=O) groups excluding carboxylic acids is 1. The Bertz CT molecular complexity index is 488. The van der Waals surface area contributed by atoms with Crippen LogP contribution in [0.15, 0.2) is 12.3 Å². The molecule has 0 spiro atoms. The van der Waals surface area contributed by atoms with Crippen LogP contribution < -0.4 is 0 Å². The van der Waals surface area contributed by atoms with Gasteiger partial charge in [0.1, 0.15) is 6.04 Å². The Morgan fingerprint density at radius 1 is 1.53 bits per heavy atom. The van der Waals surface area contributed by atoms with E-state index >= 15 is 0 Å². The molecule has 1 heterocycles. The number of aromatic nitrogens is 1. The summed E-state index contributed by atoms with van der Waals surface area (Å²) in [7, 11) is 3.54. The summed E-state index contributed by atoms with van der Waals surface area (Å²) in [6, 6.07) is 1.73. The van der Waals surface area contributed by atoms with Gasteiger partial charge in [0.2, 0.25) is 5.91 Å². The molecular formula is C15H24N2O2. The Morgan fingerprint density at radius 3 is 2.74 bits per heavy atom. The molecule has 1 N–H and O–H groups in total. The average molecular weight is 264 g/mol. The lowest BCUT2D eigenvalue weighted by Gasteiger charge is -2.34. The largest absolute Gasteiger partial charge is 0.388 e. The van der Waals surface area contributed by atoms with Gasteiger partial charge in [-0.25, -0.2) is 0 Å². The van der Waals surface area contributed by atoms with E-state index in [0.717, 1.165) is 24.1 Å². The molecule has 0 aliphatic heterocycles. The van der Waals surface area contributed by atoms with E-state index in [1.165, 1.54) is 0 Å². The highest BCUT2D eigenvalue weighted by Gasteiger charge is 2.34. The van der Waals surface area contributed by atoms with Gasteiger partial charge in [-0.3, -0.25) is 4.79 Å². The number of carbonyl (C=O) groups is 1. The smallest absolute Gasteiger partial charge is 0.244 e. The molecule has 0 saturated carbocycles. The maximum Gasteiger partial charge on any atom is 0.244 e. The van der Waals surface area contributed by atoms with Crippen LogP contribution in [0.5, 0.6) is 0 Å². The van der Waals surface area contributed by atoms with Gasteiger partial charge < -0.3 is 14.6 Å². The van der Waals surface area contributed by atoms with Gasteiger partial charge in [0.15, 0.2) is 0 Å². The molecule has 0 saturated heterocycles. The lowest BCUT2D eigenvalue weighted by Crippen LogP contribution is -2.33. The van der Waals surface area contributed by atoms with E-state index in [-0.39, 0.29) is 17.4 Å². The summed E-state index contributed by atoms with van der Waals surface area (Å²) in [5.41, 5.74) is 2.16. The van der Waals surface area contributed by atoms with Crippen LogP contribution in [0.2, 0.25) is 0 Å². The minimum Gasteiger partial charge on any atom is -0.388 e. The van der Waals surface area contributed by atoms with Gasteiger partial charge in [0, 0.05) is 31.5 Å². The molecule has 0 bridgehead atoms. The third kappa shape index (κ3) is 2.54. The summed E-state index contributed by atoms with van der Waals surface area (Å²) < 4.78 is 2.02. The van der Waals surface area contributed by atoms with Crippen LogP contribution in [0.1, 0.15) is 50.6 Å². The number of nitrogens with zero attached hydrogens (tertiary/aromatic N) is 2. The maximum absolute atomic E-state index is 12.1. The Hall–Kier alpha value is -1.29. The number of likely N-dealkylation sites (N-methyl/N-ethyl adjacent to an activating group) is 1. The normalized spacial score (nSPS) is 22.7. The summed E-state index contributed by atoms with van der Waals surface area (Å²) in [6.07, 6.45) is 3.19. The fraction of sp³-hybridized carbons (Fsp3) is 0.667. The summed E-state index contributed by atoms with van der Waals surface area (Å²) in [6.45, 7) is 6.24. The monoisotopic (exact) mass is 264 g/mol. The highest BCUT2D eigenvalue weighted by molar-refractivity contribution is 5.79. The SMILES string of the molecule is CC(C(=O)N(C)C)n1ccc2c1CC(C)(C)CC2O. The Balaban J connectivity index is 2.38. The number of aliphatic hydroxyl groups excluding tert-OH is 1. The van der Waals surface area contributed by atoms with Gasteiger partial charge in [-0.15, -0.1) is 0 Å². The van der Waals surface area contributed by atoms with Crippen LogP contribution in [0, 0.1) is 5.41 Å². The second-order valence-electron chi connectivity index (χ2n) is 6.59. The highest BCUT2D eigenvalue weighted by Crippen LogP contribution is 2.41. The van der Waals surface area contributed by atoms with Crippen molar-refractivity contribution >= 4 is 5.91 Å². The molecule has 1 aromatic heterocycles. The van der Waals surface area contributed by atoms with Gasteiger partial charge in [-0.2, -0.15) is 0 Å². The quantitative estimate of drug-likeness (QED) is 0.889. The van der Waals surface area contributed by atoms with E-state index in [4.69, 9.17) is 0 Å². The standard InChI is InChI=1S/C15H24N2O2/c1-10(14(19)16(4)5)17-7-6-11-12(17)8-15(2,3)9-13(11)18/h6-7,10,13,18H,8-9H2,1-5H3. The first-order valence-electron chi connectivity index (χ1n) is 6.82. The van der Waals surface area contributed by atoms with Gasteiger partial charge in [-0.05, 0) is 31.2 Å². The Morgan fingerprint density at radius 2 is 2.16 bits per heavy atom. The topological polar surface area (TPSA) is 45.5 Å². The number of rotatable bonds is 2. The van der Waals surface area contributed by atoms with Crippen molar-refractivity contribution in [3.8, 4) is 0 Å². The first-order chi connectivity index (χ1) is 8.73. The van der Waals surface area contributed by atoms with E-state index in [1.807, 2.05) is 23.8 Å². The van der Waals surface area contributed by atoms with E-state index in [0.29, 0.717) is 0 Å². The zero-order chi connectivity index (χ0) is 14.4. The molecule has 19 heavy (non-hydrogen) atoms. The van der Waals surface area contributed by atoms with Crippen molar-refractivity contribution in [1.82, 2.24) is 9.47 Å². The second-order valence-corrected chi connectivity index (χ2v) is 6.59. The Kier molecular flexibility index (Phi) is 3.47. The molecular weight excluding hydrogens is 240 g/mol. The molecule has 106 valence electrons. The van der Waals surface area contributed by atoms with Crippen LogP contribution >= 0.6 is 0 Å². The van der Waals surface area contributed by atoms with E-state index in [2.05, 4.69) is 13.8 Å². The third-order valence-corrected chi connectivity index (χ3v) is 4.03. The molecule has 2 unspecified atom stereocenters. The fourth-order valence-corrected chi connectivity index (χ4v) is 3.01. The van der Waals surface area contributed by atoms with E-state index in [1.54, 1.807) is 19.0 Å². The fourth-order valence-electron chi connectivity index (χ4n) is 3.01. The van der Waals surface area contributed by atoms with Crippen molar-refractivity contribution in [1.29, 1.82) is 0 Å². The van der Waals surface area contributed by atoms with Crippen molar-refractivity contribution in [2.75, 3.05) is 14.1 Å². The summed E-state index contributed by atoms with van der Waals surface area (Å²) in [5.74, 6) is 0.0799. The third-order valence-electron chi connectivity index (χ3n) is 4.03. The molecule has 1 aromatic rings. The molecule has 0 radical (unpaired) electrons. The van der Waals surface area contributed by atoms with Crippen molar-refractivity contribution < 1.29 is 9.90 Å². The highest BCUT2D eigenvalue weighted by atomic mass is 16.3. The first-order valence-corrected chi connectivity index (χ1v) is 6.82. The summed E-state index contributed by atoms with van der Waals surface area (Å²) >= 11 is 0. The minimum atomic E-state index is -0.415. The molecule has 2 rings (SSSR count). The Labute approximate surface area is 115 Å². The molecule has 4 nitrogen and oxygen atoms in total. The first kappa shape index (κ1) is 14.1. The number of fused-ring (bicyclic) bond motifs is 1. The lowest BCUT2D eigenvalue weighted by molar-refractivity contribution is -0.131. The molecule has 4 heteroatoms. The number of hydrogen-bond donors (Lipinski definition) is 1. The van der Waals surface area contributed by atoms with Crippen molar-refractivity contribution in [2.24, 2.45) is 5.41 Å². The summed E-state index contributed by atoms with van der Waals surface area (Å²) in [5, 5.41) is 10.2. The van der Waals surface area contributed by atoms with Crippen molar-refractivity contribution in [3.05, 3.63) is 23.5 Å². The lowest BCUT2D eigenvalue weighted by atomic mass is 9.75. The van der Waals surface area contributed by atoms with Gasteiger partial charge in [0.05, 0.1) is 6.10 Å². The van der Waals surface area contributed by atoms with Crippen LogP contribution in [-0.4, -0.2) is 34.6 Å². The predicted octanol–water partition coefficient (Wildman–Crippen LogP) is 2.14. The number of aliphatic hydroxyl groups is 1. The van der Waals surface area contributed by atoms with Crippen molar-refractivity contribution in [3.63, 3.8) is 0 Å². The van der Waals surface area contributed by atoms with Crippen LogP contribution in [0.3, 0.4) is 0 Å². The van der Waals surface area contributed by atoms with Crippen LogP contribution in [0.4, 0.5) is 0 Å². The van der Waals surface area contributed by atoms with E-state index in [9.17, 15) is 9.90 Å². The summed E-state index contributed by atoms with van der Waals surface area (Å²) in [4.78, 5) is 13.7. The van der Waals surface area contributed by atoms with E-state index < -0.39 is 6.10 Å². The molecule has 1 aliphatic rings. The van der Waals surface area contributed by atoms with Crippen LogP contribution in [0.25, 0.3) is 0 Å². The molecule has 0 fully saturated rings. The molecule has 1 amide bonds. The van der Waals surface area contributed by atoms with Gasteiger partial charge >= 0.3 is 0 Å². The maximum atomic E-state index is 12.1. The van der Waals surface area contributed by atoms with Gasteiger partial charge in [-0.1, -0.05) is 13.8 Å². The molecule has 1 aliphatic carbocycles. The average Bonchev–Trinajstić information content (AvgIpc) is 2.68. The number of amides is 1. The predicted molar refractivity (Wildman–Crippen MR) is 74.9 cm³/mol. The molecule has 2 atom stereocenters. The van der Waals surface area contributed by atoms with Crippen LogP contribution in [-0.2, 0) is 11.2 Å². The second kappa shape index (κ2) is 4.67. The molecule has 0 aromatic carbocycles. The zero-order valence-electron chi connectivity index (χ0n) is 12.5. The van der Waals surface area contributed by atoms with Crippen molar-refractivity contribution in [2.45, 2.75) is 45.8 Å². The number of hydrogen-bond acceptors (Lipinski definition) is 2. The zero-order valence-corrected chi connectivity index (χ0v) is 12.5. The minimum absolute atomic E-state index is 0.0728. The van der Waals surface area contributed by atoms with Gasteiger partial charge in [0.25, 0.3) is 0 Å².